The molecule has 152 valence electrons. The van der Waals surface area contributed by atoms with Gasteiger partial charge in [-0.3, -0.25) is 9.79 Å². The summed E-state index contributed by atoms with van der Waals surface area (Å²) in [5.41, 5.74) is 1.33. The summed E-state index contributed by atoms with van der Waals surface area (Å²) in [6.07, 6.45) is 0.981. The average molecular weight is 487 g/mol. The van der Waals surface area contributed by atoms with E-state index in [9.17, 15) is 4.79 Å². The lowest BCUT2D eigenvalue weighted by Gasteiger charge is -2.36. The standard InChI is InChI=1S/C20H33N5O.HI/c1-5-21-20(25-13-11-24(12-14-25)17(2)26)22-16-19(23(3)4)15-18-9-7-6-8-10-18;/h6-10,19H,5,11-16H2,1-4H3,(H,21,22);1H. The quantitative estimate of drug-likeness (QED) is 0.379. The van der Waals surface area contributed by atoms with Crippen LogP contribution in [0.1, 0.15) is 19.4 Å². The molecule has 0 radical (unpaired) electrons. The number of hydrogen-bond donors (Lipinski definition) is 1. The third kappa shape index (κ3) is 7.65. The van der Waals surface area contributed by atoms with Crippen molar-refractivity contribution in [3.63, 3.8) is 0 Å². The third-order valence-electron chi connectivity index (χ3n) is 4.86. The van der Waals surface area contributed by atoms with Gasteiger partial charge < -0.3 is 20.0 Å². The van der Waals surface area contributed by atoms with Gasteiger partial charge in [0.1, 0.15) is 0 Å². The van der Waals surface area contributed by atoms with Crippen LogP contribution >= 0.6 is 24.0 Å². The van der Waals surface area contributed by atoms with Crippen LogP contribution in [0.4, 0.5) is 0 Å². The van der Waals surface area contributed by atoms with Crippen molar-refractivity contribution >= 4 is 35.8 Å². The number of likely N-dealkylation sites (N-methyl/N-ethyl adjacent to an activating group) is 1. The van der Waals surface area contributed by atoms with Crippen molar-refractivity contribution in [3.8, 4) is 0 Å². The van der Waals surface area contributed by atoms with Crippen LogP contribution in [0, 0.1) is 0 Å². The highest BCUT2D eigenvalue weighted by Crippen LogP contribution is 2.08. The van der Waals surface area contributed by atoms with Crippen molar-refractivity contribution in [2.45, 2.75) is 26.3 Å². The van der Waals surface area contributed by atoms with Crippen molar-refractivity contribution < 1.29 is 4.79 Å². The normalized spacial score (nSPS) is 16.1. The molecule has 1 heterocycles. The van der Waals surface area contributed by atoms with E-state index in [-0.39, 0.29) is 29.9 Å². The fraction of sp³-hybridized carbons (Fsp3) is 0.600. The van der Waals surface area contributed by atoms with Crippen LogP contribution in [0.25, 0.3) is 0 Å². The molecule has 1 unspecified atom stereocenters. The van der Waals surface area contributed by atoms with Crippen LogP contribution in [0.2, 0.25) is 0 Å². The fourth-order valence-electron chi connectivity index (χ4n) is 3.15. The van der Waals surface area contributed by atoms with E-state index in [2.05, 4.69) is 66.5 Å². The maximum Gasteiger partial charge on any atom is 0.219 e. The van der Waals surface area contributed by atoms with E-state index in [0.717, 1.165) is 51.6 Å². The number of carbonyl (C=O) groups is 1. The highest BCUT2D eigenvalue weighted by molar-refractivity contribution is 14.0. The predicted octanol–water partition coefficient (Wildman–Crippen LogP) is 1.91. The molecule has 1 saturated heterocycles. The maximum absolute atomic E-state index is 11.5. The van der Waals surface area contributed by atoms with Gasteiger partial charge in [0.05, 0.1) is 6.54 Å². The van der Waals surface area contributed by atoms with E-state index >= 15 is 0 Å². The SMILES string of the molecule is CCNC(=NCC(Cc1ccccc1)N(C)C)N1CCN(C(C)=O)CC1.I. The number of amides is 1. The second kappa shape index (κ2) is 12.2. The Kier molecular flexibility index (Phi) is 10.7. The van der Waals surface area contributed by atoms with Crippen LogP contribution in [-0.4, -0.2) is 86.0 Å². The first-order chi connectivity index (χ1) is 12.5. The minimum Gasteiger partial charge on any atom is -0.357 e. The van der Waals surface area contributed by atoms with Crippen molar-refractivity contribution in [3.05, 3.63) is 35.9 Å². The number of hydrogen-bond acceptors (Lipinski definition) is 3. The monoisotopic (exact) mass is 487 g/mol. The van der Waals surface area contributed by atoms with Crippen molar-refractivity contribution in [2.75, 3.05) is 53.4 Å². The van der Waals surface area contributed by atoms with Gasteiger partial charge in [-0.05, 0) is 33.0 Å². The number of halogens is 1. The van der Waals surface area contributed by atoms with Gasteiger partial charge in [-0.1, -0.05) is 30.3 Å². The van der Waals surface area contributed by atoms with E-state index in [1.165, 1.54) is 5.56 Å². The molecule has 1 aliphatic heterocycles. The molecule has 1 amide bonds. The highest BCUT2D eigenvalue weighted by atomic mass is 127. The fourth-order valence-corrected chi connectivity index (χ4v) is 3.15. The molecule has 1 atom stereocenters. The topological polar surface area (TPSA) is 51.2 Å². The first kappa shape index (κ1) is 23.7. The van der Waals surface area contributed by atoms with Crippen LogP contribution in [0.15, 0.2) is 35.3 Å². The van der Waals surface area contributed by atoms with E-state index in [1.807, 2.05) is 4.90 Å². The molecule has 1 N–H and O–H groups in total. The largest absolute Gasteiger partial charge is 0.357 e. The molecule has 0 bridgehead atoms. The van der Waals surface area contributed by atoms with Gasteiger partial charge in [0.2, 0.25) is 5.91 Å². The second-order valence-electron chi connectivity index (χ2n) is 6.99. The van der Waals surface area contributed by atoms with E-state index in [4.69, 9.17) is 4.99 Å². The summed E-state index contributed by atoms with van der Waals surface area (Å²) in [4.78, 5) is 22.8. The molecule has 7 heteroatoms. The summed E-state index contributed by atoms with van der Waals surface area (Å²) in [6, 6.07) is 10.9. The van der Waals surface area contributed by atoms with Gasteiger partial charge in [0.25, 0.3) is 0 Å². The number of aliphatic imine (C=N–C) groups is 1. The summed E-state index contributed by atoms with van der Waals surface area (Å²) in [5.74, 6) is 1.11. The van der Waals surface area contributed by atoms with Crippen LogP contribution in [-0.2, 0) is 11.2 Å². The summed E-state index contributed by atoms with van der Waals surface area (Å²) in [5, 5.41) is 3.41. The molecule has 1 fully saturated rings. The van der Waals surface area contributed by atoms with E-state index < -0.39 is 0 Å². The molecule has 1 aromatic rings. The van der Waals surface area contributed by atoms with Gasteiger partial charge in [0.15, 0.2) is 5.96 Å². The van der Waals surface area contributed by atoms with Crippen molar-refractivity contribution in [2.24, 2.45) is 4.99 Å². The Balaban J connectivity index is 0.00000364. The molecule has 1 aliphatic rings. The summed E-state index contributed by atoms with van der Waals surface area (Å²) in [7, 11) is 4.23. The lowest BCUT2D eigenvalue weighted by Crippen LogP contribution is -2.53. The zero-order valence-corrected chi connectivity index (χ0v) is 19.3. The van der Waals surface area contributed by atoms with Gasteiger partial charge in [-0.25, -0.2) is 0 Å². The van der Waals surface area contributed by atoms with E-state index in [1.54, 1.807) is 6.92 Å². The smallest absolute Gasteiger partial charge is 0.219 e. The minimum absolute atomic E-state index is 0. The number of guanidine groups is 1. The van der Waals surface area contributed by atoms with Crippen molar-refractivity contribution in [1.29, 1.82) is 0 Å². The number of benzene rings is 1. The van der Waals surface area contributed by atoms with Gasteiger partial charge >= 0.3 is 0 Å². The number of piperazine rings is 1. The number of nitrogens with one attached hydrogen (secondary N) is 1. The third-order valence-corrected chi connectivity index (χ3v) is 4.86. The minimum atomic E-state index is 0. The molecule has 1 aromatic carbocycles. The summed E-state index contributed by atoms with van der Waals surface area (Å²) < 4.78 is 0. The molecular weight excluding hydrogens is 453 g/mol. The molecule has 27 heavy (non-hydrogen) atoms. The molecule has 6 nitrogen and oxygen atoms in total. The first-order valence-corrected chi connectivity index (χ1v) is 9.50. The first-order valence-electron chi connectivity index (χ1n) is 9.50. The van der Waals surface area contributed by atoms with E-state index in [0.29, 0.717) is 6.04 Å². The zero-order valence-electron chi connectivity index (χ0n) is 17.0. The number of carbonyl (C=O) groups excluding carboxylic acids is 1. The predicted molar refractivity (Wildman–Crippen MR) is 123 cm³/mol. The lowest BCUT2D eigenvalue weighted by atomic mass is 10.1. The number of nitrogens with zero attached hydrogens (tertiary/aromatic N) is 4. The Morgan fingerprint density at radius 3 is 2.26 bits per heavy atom. The van der Waals surface area contributed by atoms with Crippen LogP contribution in [0.3, 0.4) is 0 Å². The Hall–Kier alpha value is -1.35. The number of rotatable bonds is 6. The van der Waals surface area contributed by atoms with Gasteiger partial charge in [-0.15, -0.1) is 24.0 Å². The Morgan fingerprint density at radius 1 is 1.15 bits per heavy atom. The molecular formula is C20H34IN5O. The molecule has 2 rings (SSSR count). The summed E-state index contributed by atoms with van der Waals surface area (Å²) >= 11 is 0. The van der Waals surface area contributed by atoms with Gasteiger partial charge in [-0.2, -0.15) is 0 Å². The van der Waals surface area contributed by atoms with Crippen LogP contribution in [0.5, 0.6) is 0 Å². The maximum atomic E-state index is 11.5. The van der Waals surface area contributed by atoms with Crippen LogP contribution < -0.4 is 5.32 Å². The Morgan fingerprint density at radius 2 is 1.74 bits per heavy atom. The zero-order chi connectivity index (χ0) is 18.9. The van der Waals surface area contributed by atoms with Crippen molar-refractivity contribution in [1.82, 2.24) is 20.0 Å². The second-order valence-corrected chi connectivity index (χ2v) is 6.99. The Labute approximate surface area is 181 Å². The van der Waals surface area contributed by atoms with Gasteiger partial charge in [0, 0.05) is 45.7 Å². The highest BCUT2D eigenvalue weighted by Gasteiger charge is 2.21. The summed E-state index contributed by atoms with van der Waals surface area (Å²) in [6.45, 7) is 8.51. The molecule has 0 aromatic heterocycles. The average Bonchev–Trinajstić information content (AvgIpc) is 2.64. The molecule has 0 saturated carbocycles. The molecule has 0 spiro atoms. The lowest BCUT2D eigenvalue weighted by molar-refractivity contribution is -0.130. The molecule has 0 aliphatic carbocycles. The Bertz CT molecular complexity index is 585.